The average Bonchev–Trinajstić information content (AvgIpc) is 3.07. The van der Waals surface area contributed by atoms with E-state index in [9.17, 15) is 27.5 Å². The molecule has 4 rings (SSSR count). The normalized spacial score (nSPS) is 12.6. The van der Waals surface area contributed by atoms with Gasteiger partial charge < -0.3 is 21.1 Å². The lowest BCUT2D eigenvalue weighted by Crippen LogP contribution is -2.49. The zero-order valence-electron chi connectivity index (χ0n) is 26.5. The van der Waals surface area contributed by atoms with Crippen molar-refractivity contribution in [3.63, 3.8) is 0 Å². The summed E-state index contributed by atoms with van der Waals surface area (Å²) in [5, 5.41) is 20.2. The Morgan fingerprint density at radius 3 is 1.96 bits per heavy atom. The molecule has 4 aromatic carbocycles. The fraction of sp³-hybridized carbons (Fsp3) is 0.278. The van der Waals surface area contributed by atoms with Crippen LogP contribution in [0.4, 0.5) is 10.1 Å². The summed E-state index contributed by atoms with van der Waals surface area (Å²) >= 11 is 0. The summed E-state index contributed by atoms with van der Waals surface area (Å²) in [6.45, 7) is 1.04. The molecule has 0 spiro atoms. The topological polar surface area (TPSA) is 128 Å². The zero-order chi connectivity index (χ0) is 33.8. The van der Waals surface area contributed by atoms with Gasteiger partial charge in [0.25, 0.3) is 11.8 Å². The Balaban J connectivity index is 1.50. The number of rotatable bonds is 16. The van der Waals surface area contributed by atoms with E-state index in [1.54, 1.807) is 12.1 Å². The number of carbonyl (C=O) groups excluding carboxylic acids is 2. The predicted molar refractivity (Wildman–Crippen MR) is 183 cm³/mol. The molecule has 0 aliphatic rings. The average molecular weight is 661 g/mol. The van der Waals surface area contributed by atoms with Gasteiger partial charge >= 0.3 is 0 Å². The van der Waals surface area contributed by atoms with Crippen molar-refractivity contribution in [2.45, 2.75) is 31.4 Å². The number of benzene rings is 4. The first-order valence-electron chi connectivity index (χ1n) is 15.4. The van der Waals surface area contributed by atoms with Crippen molar-refractivity contribution < 1.29 is 27.5 Å². The van der Waals surface area contributed by atoms with E-state index in [-0.39, 0.29) is 29.2 Å². The molecule has 2 amide bonds. The van der Waals surface area contributed by atoms with Gasteiger partial charge in [0.2, 0.25) is 10.0 Å². The second kappa shape index (κ2) is 16.8. The molecule has 248 valence electrons. The van der Waals surface area contributed by atoms with E-state index in [2.05, 4.69) is 16.0 Å². The monoisotopic (exact) mass is 660 g/mol. The van der Waals surface area contributed by atoms with Gasteiger partial charge in [-0.1, -0.05) is 72.8 Å². The Morgan fingerprint density at radius 1 is 0.787 bits per heavy atom. The smallest absolute Gasteiger partial charge is 0.251 e. The number of halogens is 1. The molecule has 0 saturated carbocycles. The Labute approximate surface area is 275 Å². The lowest BCUT2D eigenvalue weighted by molar-refractivity contribution is 0.0831. The van der Waals surface area contributed by atoms with Crippen LogP contribution in [0, 0.1) is 5.82 Å². The Kier molecular flexibility index (Phi) is 12.6. The SMILES string of the molecule is CN(c1cc(C(=O)NCCc2ccccc2)cc(C(=O)N[C@@H](Cc2ccccc2)[C@H](O)CNCCc2ccc(F)cc2)c1)S(C)(=O)=O. The maximum absolute atomic E-state index is 13.7. The maximum atomic E-state index is 13.7. The van der Waals surface area contributed by atoms with Crippen molar-refractivity contribution in [1.82, 2.24) is 16.0 Å². The maximum Gasteiger partial charge on any atom is 0.251 e. The number of anilines is 1. The molecule has 0 bridgehead atoms. The summed E-state index contributed by atoms with van der Waals surface area (Å²) in [5.41, 5.74) is 3.23. The molecule has 4 N–H and O–H groups in total. The van der Waals surface area contributed by atoms with E-state index in [0.717, 1.165) is 27.3 Å². The van der Waals surface area contributed by atoms with Crippen LogP contribution in [-0.4, -0.2) is 70.4 Å². The Hall–Kier alpha value is -4.58. The largest absolute Gasteiger partial charge is 0.390 e. The Bertz CT molecular complexity index is 1720. The van der Waals surface area contributed by atoms with Gasteiger partial charge in [0, 0.05) is 31.3 Å². The van der Waals surface area contributed by atoms with Crippen LogP contribution in [0.3, 0.4) is 0 Å². The van der Waals surface area contributed by atoms with E-state index in [1.165, 1.54) is 37.4 Å². The highest BCUT2D eigenvalue weighted by atomic mass is 32.2. The lowest BCUT2D eigenvalue weighted by atomic mass is 10.00. The summed E-state index contributed by atoms with van der Waals surface area (Å²) < 4.78 is 39.0. The molecular formula is C36H41FN4O5S. The van der Waals surface area contributed by atoms with Crippen LogP contribution in [0.5, 0.6) is 0 Å². The lowest BCUT2D eigenvalue weighted by Gasteiger charge is -2.25. The van der Waals surface area contributed by atoms with E-state index >= 15 is 0 Å². The van der Waals surface area contributed by atoms with Crippen molar-refractivity contribution in [3.8, 4) is 0 Å². The van der Waals surface area contributed by atoms with Crippen LogP contribution >= 0.6 is 0 Å². The van der Waals surface area contributed by atoms with Crippen LogP contribution < -0.4 is 20.3 Å². The summed E-state index contributed by atoms with van der Waals surface area (Å²) in [6, 6.07) is 28.8. The molecule has 0 aliphatic heterocycles. The molecule has 0 aliphatic carbocycles. The minimum Gasteiger partial charge on any atom is -0.390 e. The minimum atomic E-state index is -3.70. The fourth-order valence-corrected chi connectivity index (χ4v) is 5.48. The van der Waals surface area contributed by atoms with Gasteiger partial charge in [-0.05, 0) is 72.8 Å². The number of nitrogens with one attached hydrogen (secondary N) is 3. The van der Waals surface area contributed by atoms with Crippen molar-refractivity contribution >= 4 is 27.5 Å². The van der Waals surface area contributed by atoms with Gasteiger partial charge in [0.05, 0.1) is 24.1 Å². The van der Waals surface area contributed by atoms with Crippen LogP contribution in [-0.2, 0) is 29.3 Å². The first-order valence-corrected chi connectivity index (χ1v) is 17.2. The van der Waals surface area contributed by atoms with Gasteiger partial charge in [-0.25, -0.2) is 12.8 Å². The number of carbonyl (C=O) groups is 2. The van der Waals surface area contributed by atoms with Gasteiger partial charge in [-0.15, -0.1) is 0 Å². The first-order chi connectivity index (χ1) is 22.5. The molecule has 0 heterocycles. The molecule has 0 fully saturated rings. The van der Waals surface area contributed by atoms with Gasteiger partial charge in [-0.3, -0.25) is 13.9 Å². The number of amides is 2. The van der Waals surface area contributed by atoms with Crippen LogP contribution in [0.2, 0.25) is 0 Å². The number of hydrogen-bond donors (Lipinski definition) is 4. The third kappa shape index (κ3) is 11.0. The third-order valence-corrected chi connectivity index (χ3v) is 8.99. The minimum absolute atomic E-state index is 0.0701. The highest BCUT2D eigenvalue weighted by Crippen LogP contribution is 2.21. The van der Waals surface area contributed by atoms with Crippen molar-refractivity contribution in [1.29, 1.82) is 0 Å². The van der Waals surface area contributed by atoms with Gasteiger partial charge in [-0.2, -0.15) is 0 Å². The number of sulfonamides is 1. The summed E-state index contributed by atoms with van der Waals surface area (Å²) in [6.07, 6.45) is 1.59. The summed E-state index contributed by atoms with van der Waals surface area (Å²) in [4.78, 5) is 26.9. The first kappa shape index (κ1) is 35.3. The molecule has 0 saturated heterocycles. The van der Waals surface area contributed by atoms with E-state index in [0.29, 0.717) is 32.4 Å². The predicted octanol–water partition coefficient (Wildman–Crippen LogP) is 3.73. The molecule has 9 nitrogen and oxygen atoms in total. The molecule has 0 aromatic heterocycles. The Morgan fingerprint density at radius 2 is 1.34 bits per heavy atom. The molecule has 0 radical (unpaired) electrons. The quantitative estimate of drug-likeness (QED) is 0.136. The van der Waals surface area contributed by atoms with Crippen LogP contribution in [0.15, 0.2) is 103 Å². The molecule has 0 unspecified atom stereocenters. The highest BCUT2D eigenvalue weighted by Gasteiger charge is 2.24. The third-order valence-electron chi connectivity index (χ3n) is 7.78. The van der Waals surface area contributed by atoms with Gasteiger partial charge in [0.15, 0.2) is 0 Å². The number of aliphatic hydroxyl groups is 1. The standard InChI is InChI=1S/C36H41FN4O5S/c1-41(47(2,45)46)32-23-29(35(43)39-20-18-26-9-5-3-6-10-26)22-30(24-32)36(44)40-33(21-28-11-7-4-8-12-28)34(42)25-38-19-17-27-13-15-31(37)16-14-27/h3-16,22-24,33-34,38,42H,17-21,25H2,1-2H3,(H,39,43)(H,40,44)/t33-,34+/m0/s1. The van der Waals surface area contributed by atoms with Crippen LogP contribution in [0.25, 0.3) is 0 Å². The second-order valence-electron chi connectivity index (χ2n) is 11.4. The highest BCUT2D eigenvalue weighted by molar-refractivity contribution is 7.92. The second-order valence-corrected chi connectivity index (χ2v) is 13.4. The molecule has 47 heavy (non-hydrogen) atoms. The van der Waals surface area contributed by atoms with Crippen LogP contribution in [0.1, 0.15) is 37.4 Å². The van der Waals surface area contributed by atoms with Crippen molar-refractivity contribution in [2.24, 2.45) is 0 Å². The zero-order valence-corrected chi connectivity index (χ0v) is 27.3. The number of hydrogen-bond acceptors (Lipinski definition) is 6. The van der Waals surface area contributed by atoms with E-state index in [4.69, 9.17) is 0 Å². The summed E-state index contributed by atoms with van der Waals surface area (Å²) in [5.74, 6) is -1.33. The molecule has 4 aromatic rings. The molecule has 11 heteroatoms. The number of aliphatic hydroxyl groups excluding tert-OH is 1. The summed E-state index contributed by atoms with van der Waals surface area (Å²) in [7, 11) is -2.35. The number of nitrogens with zero attached hydrogens (tertiary/aromatic N) is 1. The van der Waals surface area contributed by atoms with Crippen molar-refractivity contribution in [3.05, 3.63) is 137 Å². The van der Waals surface area contributed by atoms with Gasteiger partial charge in [0.1, 0.15) is 5.82 Å². The molecule has 2 atom stereocenters. The fourth-order valence-electron chi connectivity index (χ4n) is 4.99. The van der Waals surface area contributed by atoms with E-state index < -0.39 is 34.0 Å². The van der Waals surface area contributed by atoms with Crippen molar-refractivity contribution in [2.75, 3.05) is 37.2 Å². The van der Waals surface area contributed by atoms with E-state index in [1.807, 2.05) is 60.7 Å². The molecular weight excluding hydrogens is 619 g/mol.